The van der Waals surface area contributed by atoms with Crippen LogP contribution in [-0.4, -0.2) is 71.8 Å². The van der Waals surface area contributed by atoms with E-state index in [1.807, 2.05) is 16.7 Å². The second-order valence-electron chi connectivity index (χ2n) is 8.85. The molecule has 164 valence electrons. The maximum absolute atomic E-state index is 11.5. The summed E-state index contributed by atoms with van der Waals surface area (Å²) in [5.74, 6) is 0.499. The van der Waals surface area contributed by atoms with E-state index in [0.29, 0.717) is 18.2 Å². The Balaban J connectivity index is 1.45. The van der Waals surface area contributed by atoms with Crippen molar-refractivity contribution in [2.45, 2.75) is 58.0 Å². The number of nitrogens with zero attached hydrogens (tertiary/aromatic N) is 3. The molecule has 3 heterocycles. The highest BCUT2D eigenvalue weighted by Crippen LogP contribution is 2.29. The zero-order valence-electron chi connectivity index (χ0n) is 18.3. The van der Waals surface area contributed by atoms with E-state index in [1.165, 1.54) is 18.4 Å². The first-order chi connectivity index (χ1) is 14.4. The van der Waals surface area contributed by atoms with Crippen molar-refractivity contribution in [3.8, 4) is 5.75 Å². The molecule has 0 unspecified atom stereocenters. The third-order valence-electron chi connectivity index (χ3n) is 6.41. The van der Waals surface area contributed by atoms with Gasteiger partial charge in [-0.25, -0.2) is 0 Å². The monoisotopic (exact) mass is 414 g/mol. The average Bonchev–Trinajstić information content (AvgIpc) is 3.03. The number of carbonyl (C=O) groups is 1. The van der Waals surface area contributed by atoms with Gasteiger partial charge in [-0.15, -0.1) is 0 Å². The van der Waals surface area contributed by atoms with Crippen LogP contribution in [0.5, 0.6) is 5.75 Å². The van der Waals surface area contributed by atoms with Crippen LogP contribution in [0.15, 0.2) is 24.4 Å². The third-order valence-corrected chi connectivity index (χ3v) is 6.41. The van der Waals surface area contributed by atoms with E-state index in [9.17, 15) is 4.79 Å². The van der Waals surface area contributed by atoms with E-state index >= 15 is 0 Å². The summed E-state index contributed by atoms with van der Waals surface area (Å²) >= 11 is 0. The first kappa shape index (κ1) is 21.2. The van der Waals surface area contributed by atoms with Crippen LogP contribution < -0.4 is 10.5 Å². The first-order valence-electron chi connectivity index (χ1n) is 11.0. The maximum Gasteiger partial charge on any atom is 0.237 e. The van der Waals surface area contributed by atoms with Gasteiger partial charge in [-0.2, -0.15) is 0 Å². The Bertz CT molecular complexity index is 878. The zero-order valence-corrected chi connectivity index (χ0v) is 18.3. The predicted octanol–water partition coefficient (Wildman–Crippen LogP) is 2.21. The summed E-state index contributed by atoms with van der Waals surface area (Å²) in [6, 6.07) is 6.64. The molecule has 1 amide bonds. The molecule has 0 bridgehead atoms. The number of fused-ring (bicyclic) bond motifs is 1. The van der Waals surface area contributed by atoms with Crippen molar-refractivity contribution in [3.05, 3.63) is 30.0 Å². The molecular formula is C23H34N4O3. The fourth-order valence-corrected chi connectivity index (χ4v) is 5.10. The molecule has 0 radical (unpaired) electrons. The molecule has 2 aliphatic rings. The molecule has 2 aliphatic heterocycles. The van der Waals surface area contributed by atoms with E-state index in [4.69, 9.17) is 15.2 Å². The van der Waals surface area contributed by atoms with Crippen LogP contribution in [-0.2, 0) is 22.6 Å². The van der Waals surface area contributed by atoms with Crippen LogP contribution in [0, 0.1) is 0 Å². The van der Waals surface area contributed by atoms with Crippen LogP contribution in [0.2, 0.25) is 0 Å². The number of rotatable bonds is 6. The van der Waals surface area contributed by atoms with Gasteiger partial charge >= 0.3 is 0 Å². The van der Waals surface area contributed by atoms with Gasteiger partial charge in [0.15, 0.2) is 0 Å². The lowest BCUT2D eigenvalue weighted by Crippen LogP contribution is -2.53. The lowest BCUT2D eigenvalue weighted by Gasteiger charge is -2.43. The molecule has 4 rings (SSSR count). The molecule has 2 aromatic rings. The fraction of sp³-hybridized carbons (Fsp3) is 0.609. The van der Waals surface area contributed by atoms with Crippen molar-refractivity contribution < 1.29 is 14.3 Å². The Kier molecular flexibility index (Phi) is 6.32. The van der Waals surface area contributed by atoms with Gasteiger partial charge < -0.3 is 19.8 Å². The standard InChI is InChI=1S/C23H34N4O3/c1-16-11-26(12-17(2)30-16)19-6-8-25(9-7-19)13-18-14-27(15-23(24)28)22-5-4-20(29-3)10-21(18)22/h4-5,10,14,16-17,19H,6-9,11-13,15H2,1-3H3,(H2,24,28)/t16-,17-/m0/s1. The Labute approximate surface area is 178 Å². The Morgan fingerprint density at radius 3 is 2.53 bits per heavy atom. The van der Waals surface area contributed by atoms with Crippen molar-refractivity contribution in [2.24, 2.45) is 5.73 Å². The second-order valence-corrected chi connectivity index (χ2v) is 8.85. The lowest BCUT2D eigenvalue weighted by atomic mass is 10.0. The van der Waals surface area contributed by atoms with E-state index in [2.05, 4.69) is 35.9 Å². The summed E-state index contributed by atoms with van der Waals surface area (Å²) in [4.78, 5) is 16.7. The molecule has 2 saturated heterocycles. The Hall–Kier alpha value is -2.09. The number of aromatic nitrogens is 1. The molecule has 0 aliphatic carbocycles. The minimum absolute atomic E-state index is 0.193. The molecule has 2 N–H and O–H groups in total. The van der Waals surface area contributed by atoms with Crippen molar-refractivity contribution in [1.29, 1.82) is 0 Å². The largest absolute Gasteiger partial charge is 0.497 e. The Morgan fingerprint density at radius 1 is 1.20 bits per heavy atom. The smallest absolute Gasteiger partial charge is 0.237 e. The van der Waals surface area contributed by atoms with Gasteiger partial charge in [0.25, 0.3) is 0 Å². The molecule has 30 heavy (non-hydrogen) atoms. The number of methoxy groups -OCH3 is 1. The third kappa shape index (κ3) is 4.63. The van der Waals surface area contributed by atoms with Crippen LogP contribution in [0.1, 0.15) is 32.3 Å². The minimum atomic E-state index is -0.330. The summed E-state index contributed by atoms with van der Waals surface area (Å²) < 4.78 is 13.3. The summed E-state index contributed by atoms with van der Waals surface area (Å²) in [5, 5.41) is 1.13. The van der Waals surface area contributed by atoms with Crippen LogP contribution in [0.4, 0.5) is 0 Å². The topological polar surface area (TPSA) is 73.0 Å². The molecule has 2 fully saturated rings. The highest BCUT2D eigenvalue weighted by Gasteiger charge is 2.30. The highest BCUT2D eigenvalue weighted by molar-refractivity contribution is 5.87. The molecule has 0 saturated carbocycles. The van der Waals surface area contributed by atoms with Crippen molar-refractivity contribution in [2.75, 3.05) is 33.3 Å². The van der Waals surface area contributed by atoms with Gasteiger partial charge in [0.2, 0.25) is 5.91 Å². The molecule has 1 aromatic heterocycles. The summed E-state index contributed by atoms with van der Waals surface area (Å²) in [6.07, 6.45) is 5.08. The summed E-state index contributed by atoms with van der Waals surface area (Å²) in [7, 11) is 1.68. The number of hydrogen-bond acceptors (Lipinski definition) is 5. The number of amides is 1. The second kappa shape index (κ2) is 8.96. The molecular weight excluding hydrogens is 380 g/mol. The number of morpholine rings is 1. The van der Waals surface area contributed by atoms with E-state index in [1.54, 1.807) is 7.11 Å². The van der Waals surface area contributed by atoms with Gasteiger partial charge in [0, 0.05) is 42.8 Å². The lowest BCUT2D eigenvalue weighted by molar-refractivity contribution is -0.118. The summed E-state index contributed by atoms with van der Waals surface area (Å²) in [6.45, 7) is 9.65. The van der Waals surface area contributed by atoms with Crippen molar-refractivity contribution in [1.82, 2.24) is 14.4 Å². The molecule has 1 aromatic carbocycles. The Morgan fingerprint density at radius 2 is 1.90 bits per heavy atom. The fourth-order valence-electron chi connectivity index (χ4n) is 5.10. The van der Waals surface area contributed by atoms with Gasteiger partial charge in [-0.05, 0) is 63.5 Å². The van der Waals surface area contributed by atoms with Gasteiger partial charge in [-0.1, -0.05) is 0 Å². The normalized spacial score (nSPS) is 24.4. The van der Waals surface area contributed by atoms with Crippen LogP contribution in [0.3, 0.4) is 0 Å². The highest BCUT2D eigenvalue weighted by atomic mass is 16.5. The van der Waals surface area contributed by atoms with Crippen molar-refractivity contribution in [3.63, 3.8) is 0 Å². The van der Waals surface area contributed by atoms with Gasteiger partial charge in [0.1, 0.15) is 12.3 Å². The first-order valence-corrected chi connectivity index (χ1v) is 11.0. The van der Waals surface area contributed by atoms with E-state index < -0.39 is 0 Å². The molecule has 2 atom stereocenters. The number of benzene rings is 1. The van der Waals surface area contributed by atoms with Crippen LogP contribution in [0.25, 0.3) is 10.9 Å². The van der Waals surface area contributed by atoms with Crippen molar-refractivity contribution >= 4 is 16.8 Å². The number of piperidine rings is 1. The van der Waals surface area contributed by atoms with Crippen LogP contribution >= 0.6 is 0 Å². The van der Waals surface area contributed by atoms with E-state index in [-0.39, 0.29) is 12.5 Å². The predicted molar refractivity (Wildman–Crippen MR) is 118 cm³/mol. The number of ether oxygens (including phenoxy) is 2. The summed E-state index contributed by atoms with van der Waals surface area (Å²) in [5.41, 5.74) is 7.71. The average molecular weight is 415 g/mol. The van der Waals surface area contributed by atoms with E-state index in [0.717, 1.165) is 49.4 Å². The van der Waals surface area contributed by atoms with Gasteiger partial charge in [-0.3, -0.25) is 14.6 Å². The maximum atomic E-state index is 11.5. The number of nitrogens with two attached hydrogens (primary N) is 1. The number of carbonyl (C=O) groups excluding carboxylic acids is 1. The number of likely N-dealkylation sites (tertiary alicyclic amines) is 1. The number of primary amides is 1. The quantitative estimate of drug-likeness (QED) is 0.785. The zero-order chi connectivity index (χ0) is 21.3. The minimum Gasteiger partial charge on any atom is -0.497 e. The van der Waals surface area contributed by atoms with Gasteiger partial charge in [0.05, 0.1) is 19.3 Å². The number of hydrogen-bond donors (Lipinski definition) is 1. The molecule has 0 spiro atoms. The SMILES string of the molecule is COc1ccc2c(c1)c(CN1CCC(N3C[C@H](C)O[C@@H](C)C3)CC1)cn2CC(N)=O. The molecule has 7 heteroatoms. The molecule has 7 nitrogen and oxygen atoms in total.